The van der Waals surface area contributed by atoms with Crippen LogP contribution in [0.3, 0.4) is 0 Å². The van der Waals surface area contributed by atoms with E-state index in [0.29, 0.717) is 24.2 Å². The van der Waals surface area contributed by atoms with Crippen LogP contribution in [0.4, 0.5) is 0 Å². The number of carbonyl (C=O) groups excluding carboxylic acids is 1. The topological polar surface area (TPSA) is 82.1 Å². The summed E-state index contributed by atoms with van der Waals surface area (Å²) >= 11 is 0. The Morgan fingerprint density at radius 2 is 2.16 bits per heavy atom. The lowest BCUT2D eigenvalue weighted by Crippen LogP contribution is -2.63. The average Bonchev–Trinajstić information content (AvgIpc) is 2.82. The van der Waals surface area contributed by atoms with Crippen molar-refractivity contribution in [1.82, 2.24) is 20.3 Å². The van der Waals surface area contributed by atoms with E-state index in [1.54, 1.807) is 23.1 Å². The second kappa shape index (κ2) is 4.31. The maximum Gasteiger partial charge on any atom is 0.254 e. The second-order valence-electron chi connectivity index (χ2n) is 5.16. The number of benzene rings is 1. The Balaban J connectivity index is 1.74. The maximum absolute atomic E-state index is 12.2. The van der Waals surface area contributed by atoms with Crippen molar-refractivity contribution in [3.05, 3.63) is 23.8 Å². The SMILES string of the molecule is CCCC1(O)CN(C(=O)c2ccc3n[nH]nc3c2)C1. The van der Waals surface area contributed by atoms with E-state index in [0.717, 1.165) is 18.4 Å². The molecule has 0 atom stereocenters. The molecule has 1 aromatic carbocycles. The molecule has 1 aromatic heterocycles. The van der Waals surface area contributed by atoms with Gasteiger partial charge in [0.2, 0.25) is 0 Å². The molecule has 1 amide bonds. The number of H-pyrrole nitrogens is 1. The van der Waals surface area contributed by atoms with Gasteiger partial charge in [-0.05, 0) is 24.6 Å². The normalized spacial score (nSPS) is 17.5. The first-order chi connectivity index (χ1) is 9.11. The fourth-order valence-corrected chi connectivity index (χ4v) is 2.59. The minimum atomic E-state index is -0.692. The number of rotatable bonds is 3. The quantitative estimate of drug-likeness (QED) is 0.860. The molecule has 6 nitrogen and oxygen atoms in total. The Bertz CT molecular complexity index is 616. The van der Waals surface area contributed by atoms with Gasteiger partial charge in [-0.2, -0.15) is 15.4 Å². The van der Waals surface area contributed by atoms with Crippen LogP contribution in [0.1, 0.15) is 30.1 Å². The number of aromatic nitrogens is 3. The molecule has 19 heavy (non-hydrogen) atoms. The Hall–Kier alpha value is -1.95. The number of β-amino-alcohol motifs (C(OH)–C–C–N with tert-alkyl or cyclic N) is 1. The van der Waals surface area contributed by atoms with Gasteiger partial charge in [-0.25, -0.2) is 0 Å². The molecule has 1 fully saturated rings. The van der Waals surface area contributed by atoms with Crippen LogP contribution in [0.25, 0.3) is 11.0 Å². The zero-order valence-electron chi connectivity index (χ0n) is 10.8. The summed E-state index contributed by atoms with van der Waals surface area (Å²) in [6.07, 6.45) is 1.66. The third kappa shape index (κ3) is 2.08. The van der Waals surface area contributed by atoms with E-state index in [4.69, 9.17) is 0 Å². The van der Waals surface area contributed by atoms with Crippen molar-refractivity contribution in [2.24, 2.45) is 0 Å². The highest BCUT2D eigenvalue weighted by Crippen LogP contribution is 2.27. The lowest BCUT2D eigenvalue weighted by molar-refractivity contribution is -0.0860. The highest BCUT2D eigenvalue weighted by molar-refractivity contribution is 5.97. The molecule has 1 saturated heterocycles. The summed E-state index contributed by atoms with van der Waals surface area (Å²) in [5, 5.41) is 20.5. The van der Waals surface area contributed by atoms with Crippen molar-refractivity contribution >= 4 is 16.9 Å². The van der Waals surface area contributed by atoms with Crippen LogP contribution in [0.2, 0.25) is 0 Å². The zero-order valence-corrected chi connectivity index (χ0v) is 10.8. The van der Waals surface area contributed by atoms with E-state index >= 15 is 0 Å². The fraction of sp³-hybridized carbons (Fsp3) is 0.462. The van der Waals surface area contributed by atoms with Crippen LogP contribution in [0.15, 0.2) is 18.2 Å². The Morgan fingerprint density at radius 3 is 2.89 bits per heavy atom. The molecule has 0 aliphatic carbocycles. The average molecular weight is 260 g/mol. The summed E-state index contributed by atoms with van der Waals surface area (Å²) in [5.74, 6) is -0.0642. The lowest BCUT2D eigenvalue weighted by Gasteiger charge is -2.46. The standard InChI is InChI=1S/C13H16N4O2/c1-2-5-13(19)7-17(8-13)12(18)9-3-4-10-11(6-9)15-16-14-10/h3-4,6,19H,2,5,7-8H2,1H3,(H,14,15,16). The van der Waals surface area contributed by atoms with Crippen LogP contribution < -0.4 is 0 Å². The highest BCUT2D eigenvalue weighted by Gasteiger charge is 2.42. The molecule has 0 saturated carbocycles. The Morgan fingerprint density at radius 1 is 1.42 bits per heavy atom. The van der Waals surface area contributed by atoms with Gasteiger partial charge in [-0.1, -0.05) is 13.3 Å². The smallest absolute Gasteiger partial charge is 0.254 e. The van der Waals surface area contributed by atoms with E-state index in [1.165, 1.54) is 0 Å². The predicted molar refractivity (Wildman–Crippen MR) is 69.7 cm³/mol. The zero-order chi connectivity index (χ0) is 13.5. The third-order valence-electron chi connectivity index (χ3n) is 3.54. The van der Waals surface area contributed by atoms with E-state index in [9.17, 15) is 9.90 Å². The largest absolute Gasteiger partial charge is 0.386 e. The number of fused-ring (bicyclic) bond motifs is 1. The number of hydrogen-bond acceptors (Lipinski definition) is 4. The minimum Gasteiger partial charge on any atom is -0.386 e. The maximum atomic E-state index is 12.2. The molecule has 2 heterocycles. The molecular weight excluding hydrogens is 244 g/mol. The van der Waals surface area contributed by atoms with Crippen LogP contribution in [0, 0.1) is 0 Å². The van der Waals surface area contributed by atoms with Crippen LogP contribution >= 0.6 is 0 Å². The number of aliphatic hydroxyl groups is 1. The molecule has 1 aliphatic rings. The number of nitrogens with one attached hydrogen (secondary N) is 1. The Kier molecular flexibility index (Phi) is 2.74. The number of nitrogens with zero attached hydrogens (tertiary/aromatic N) is 3. The predicted octanol–water partition coefficient (Wildman–Crippen LogP) is 0.945. The van der Waals surface area contributed by atoms with Crippen molar-refractivity contribution < 1.29 is 9.90 Å². The number of hydrogen-bond donors (Lipinski definition) is 2. The summed E-state index contributed by atoms with van der Waals surface area (Å²) in [5.41, 5.74) is 1.31. The van der Waals surface area contributed by atoms with Gasteiger partial charge in [0.1, 0.15) is 11.0 Å². The molecule has 100 valence electrons. The number of likely N-dealkylation sites (tertiary alicyclic amines) is 1. The lowest BCUT2D eigenvalue weighted by atomic mass is 9.89. The molecule has 3 rings (SSSR count). The van der Waals surface area contributed by atoms with Crippen molar-refractivity contribution in [1.29, 1.82) is 0 Å². The first kappa shape index (κ1) is 12.1. The number of amides is 1. The van der Waals surface area contributed by atoms with Gasteiger partial charge in [0.15, 0.2) is 0 Å². The van der Waals surface area contributed by atoms with E-state index in [-0.39, 0.29) is 5.91 Å². The van der Waals surface area contributed by atoms with Gasteiger partial charge in [-0.15, -0.1) is 0 Å². The van der Waals surface area contributed by atoms with Crippen LogP contribution in [-0.4, -0.2) is 50.0 Å². The molecule has 6 heteroatoms. The third-order valence-corrected chi connectivity index (χ3v) is 3.54. The Labute approximate surface area is 110 Å². The van der Waals surface area contributed by atoms with Crippen molar-refractivity contribution in [3.8, 4) is 0 Å². The van der Waals surface area contributed by atoms with E-state index in [1.807, 2.05) is 6.92 Å². The van der Waals surface area contributed by atoms with Gasteiger partial charge >= 0.3 is 0 Å². The molecule has 2 aromatic rings. The van der Waals surface area contributed by atoms with Crippen molar-refractivity contribution in [2.75, 3.05) is 13.1 Å². The molecule has 2 N–H and O–H groups in total. The van der Waals surface area contributed by atoms with Crippen molar-refractivity contribution in [2.45, 2.75) is 25.4 Å². The van der Waals surface area contributed by atoms with Gasteiger partial charge < -0.3 is 10.0 Å². The molecule has 0 bridgehead atoms. The summed E-state index contributed by atoms with van der Waals surface area (Å²) in [6, 6.07) is 5.23. The van der Waals surface area contributed by atoms with E-state index in [2.05, 4.69) is 15.4 Å². The second-order valence-corrected chi connectivity index (χ2v) is 5.16. The summed E-state index contributed by atoms with van der Waals surface area (Å²) < 4.78 is 0. The number of aromatic amines is 1. The monoisotopic (exact) mass is 260 g/mol. The summed E-state index contributed by atoms with van der Waals surface area (Å²) in [4.78, 5) is 13.9. The van der Waals surface area contributed by atoms with Gasteiger partial charge in [0.05, 0.1) is 18.7 Å². The molecule has 1 aliphatic heterocycles. The molecular formula is C13H16N4O2. The van der Waals surface area contributed by atoms with Gasteiger partial charge in [0, 0.05) is 5.56 Å². The number of carbonyl (C=O) groups is 1. The first-order valence-electron chi connectivity index (χ1n) is 6.43. The van der Waals surface area contributed by atoms with Gasteiger partial charge in [0.25, 0.3) is 5.91 Å². The molecule has 0 spiro atoms. The first-order valence-corrected chi connectivity index (χ1v) is 6.43. The van der Waals surface area contributed by atoms with Crippen LogP contribution in [0.5, 0.6) is 0 Å². The minimum absolute atomic E-state index is 0.0642. The molecule has 0 unspecified atom stereocenters. The van der Waals surface area contributed by atoms with Crippen LogP contribution in [-0.2, 0) is 0 Å². The van der Waals surface area contributed by atoms with Gasteiger partial charge in [-0.3, -0.25) is 4.79 Å². The molecule has 0 radical (unpaired) electrons. The fourth-order valence-electron chi connectivity index (χ4n) is 2.59. The van der Waals surface area contributed by atoms with Crippen molar-refractivity contribution in [3.63, 3.8) is 0 Å². The summed E-state index contributed by atoms with van der Waals surface area (Å²) in [7, 11) is 0. The highest BCUT2D eigenvalue weighted by atomic mass is 16.3. The van der Waals surface area contributed by atoms with E-state index < -0.39 is 5.60 Å². The summed E-state index contributed by atoms with van der Waals surface area (Å²) in [6.45, 7) is 2.86.